The maximum atomic E-state index is 13.6. The molecule has 1 N–H and O–H groups in total. The second-order valence-electron chi connectivity index (χ2n) is 6.48. The summed E-state index contributed by atoms with van der Waals surface area (Å²) in [6.45, 7) is 0.808. The highest BCUT2D eigenvalue weighted by atomic mass is 32.2. The molecular weight excluding hydrogens is 432 g/mol. The third kappa shape index (κ3) is 5.03. The van der Waals surface area contributed by atoms with E-state index in [2.05, 4.69) is 5.32 Å². The van der Waals surface area contributed by atoms with Crippen molar-refractivity contribution in [3.63, 3.8) is 0 Å². The number of para-hydroxylation sites is 1. The summed E-state index contributed by atoms with van der Waals surface area (Å²) in [6, 6.07) is 12.6. The minimum absolute atomic E-state index is 0.0309. The van der Waals surface area contributed by atoms with Gasteiger partial charge in [-0.1, -0.05) is 18.2 Å². The van der Waals surface area contributed by atoms with Gasteiger partial charge in [-0.15, -0.1) is 11.3 Å². The molecule has 1 heterocycles. The Morgan fingerprint density at radius 2 is 1.87 bits per heavy atom. The van der Waals surface area contributed by atoms with E-state index in [0.29, 0.717) is 4.88 Å². The Hall–Kier alpha value is -2.78. The molecular formula is C21H19F2NO4S2. The van der Waals surface area contributed by atoms with Gasteiger partial charge >= 0.3 is 0 Å². The lowest BCUT2D eigenvalue weighted by Crippen LogP contribution is -2.34. The van der Waals surface area contributed by atoms with Gasteiger partial charge in [0.15, 0.2) is 28.0 Å². The molecule has 0 spiro atoms. The van der Waals surface area contributed by atoms with Crippen molar-refractivity contribution in [3.8, 4) is 5.75 Å². The van der Waals surface area contributed by atoms with E-state index in [9.17, 15) is 22.0 Å². The van der Waals surface area contributed by atoms with E-state index in [-0.39, 0.29) is 22.8 Å². The van der Waals surface area contributed by atoms with Gasteiger partial charge in [0.2, 0.25) is 0 Å². The van der Waals surface area contributed by atoms with Crippen LogP contribution in [-0.2, 0) is 14.6 Å². The van der Waals surface area contributed by atoms with Crippen LogP contribution in [0.5, 0.6) is 5.75 Å². The van der Waals surface area contributed by atoms with E-state index < -0.39 is 39.2 Å². The molecule has 2 aromatic carbocycles. The normalized spacial score (nSPS) is 12.4. The zero-order valence-corrected chi connectivity index (χ0v) is 17.6. The molecule has 0 fully saturated rings. The molecule has 1 atom stereocenters. The number of nitrogens with one attached hydrogen (secondary N) is 1. The third-order valence-electron chi connectivity index (χ3n) is 4.37. The first kappa shape index (κ1) is 21.9. The van der Waals surface area contributed by atoms with Crippen molar-refractivity contribution in [2.24, 2.45) is 0 Å². The lowest BCUT2D eigenvalue weighted by Gasteiger charge is -2.18. The first-order chi connectivity index (χ1) is 14.3. The minimum atomic E-state index is -3.90. The zero-order chi connectivity index (χ0) is 21.7. The van der Waals surface area contributed by atoms with E-state index in [1.807, 2.05) is 0 Å². The molecule has 0 saturated carbocycles. The fourth-order valence-corrected chi connectivity index (χ4v) is 5.63. The average Bonchev–Trinajstić information content (AvgIpc) is 3.23. The van der Waals surface area contributed by atoms with Crippen LogP contribution in [0.3, 0.4) is 0 Å². The van der Waals surface area contributed by atoms with Gasteiger partial charge in [0, 0.05) is 11.4 Å². The largest absolute Gasteiger partial charge is 0.481 e. The molecule has 1 amide bonds. The summed E-state index contributed by atoms with van der Waals surface area (Å²) in [4.78, 5) is 12.7. The SMILES string of the molecule is Cc1cc(S(=O)(=O)[C@H](CNC(=O)COc2ccccc2F)c2cccs2)ccc1F. The monoisotopic (exact) mass is 451 g/mol. The van der Waals surface area contributed by atoms with Crippen molar-refractivity contribution < 1.29 is 26.7 Å². The minimum Gasteiger partial charge on any atom is -0.481 e. The molecule has 158 valence electrons. The maximum Gasteiger partial charge on any atom is 0.257 e. The Labute approximate surface area is 177 Å². The second kappa shape index (κ2) is 9.36. The molecule has 0 radical (unpaired) electrons. The van der Waals surface area contributed by atoms with Gasteiger partial charge < -0.3 is 10.1 Å². The number of carbonyl (C=O) groups excluding carboxylic acids is 1. The van der Waals surface area contributed by atoms with Gasteiger partial charge in [0.05, 0.1) is 4.90 Å². The van der Waals surface area contributed by atoms with Gasteiger partial charge in [-0.05, 0) is 54.3 Å². The van der Waals surface area contributed by atoms with Crippen LogP contribution in [0.2, 0.25) is 0 Å². The van der Waals surface area contributed by atoms with Crippen molar-refractivity contribution in [2.75, 3.05) is 13.2 Å². The van der Waals surface area contributed by atoms with Gasteiger partial charge in [-0.3, -0.25) is 4.79 Å². The van der Waals surface area contributed by atoms with E-state index in [1.54, 1.807) is 23.6 Å². The van der Waals surface area contributed by atoms with E-state index in [4.69, 9.17) is 4.74 Å². The lowest BCUT2D eigenvalue weighted by molar-refractivity contribution is -0.123. The van der Waals surface area contributed by atoms with Crippen LogP contribution >= 0.6 is 11.3 Å². The average molecular weight is 452 g/mol. The first-order valence-corrected chi connectivity index (χ1v) is 11.4. The number of amides is 1. The van der Waals surface area contributed by atoms with E-state index >= 15 is 0 Å². The van der Waals surface area contributed by atoms with Crippen molar-refractivity contribution >= 4 is 27.1 Å². The quantitative estimate of drug-likeness (QED) is 0.525. The number of benzene rings is 2. The van der Waals surface area contributed by atoms with Crippen molar-refractivity contribution in [1.29, 1.82) is 0 Å². The molecule has 5 nitrogen and oxygen atoms in total. The Morgan fingerprint density at radius 3 is 2.53 bits per heavy atom. The van der Waals surface area contributed by atoms with Gasteiger partial charge in [-0.25, -0.2) is 17.2 Å². The summed E-state index contributed by atoms with van der Waals surface area (Å²) in [6.07, 6.45) is 0. The highest BCUT2D eigenvalue weighted by molar-refractivity contribution is 7.91. The van der Waals surface area contributed by atoms with Crippen LogP contribution in [0.25, 0.3) is 0 Å². The van der Waals surface area contributed by atoms with Crippen LogP contribution < -0.4 is 10.1 Å². The molecule has 3 rings (SSSR count). The predicted octanol–water partition coefficient (Wildman–Crippen LogP) is 4.04. The second-order valence-corrected chi connectivity index (χ2v) is 9.59. The highest BCUT2D eigenvalue weighted by Gasteiger charge is 2.31. The number of hydrogen-bond acceptors (Lipinski definition) is 5. The summed E-state index contributed by atoms with van der Waals surface area (Å²) in [5, 5.41) is 3.21. The Kier molecular flexibility index (Phi) is 6.84. The van der Waals surface area contributed by atoms with Gasteiger partial charge in [-0.2, -0.15) is 0 Å². The fraction of sp³-hybridized carbons (Fsp3) is 0.190. The molecule has 0 aliphatic rings. The molecule has 1 aromatic heterocycles. The van der Waals surface area contributed by atoms with Crippen LogP contribution in [0, 0.1) is 18.6 Å². The summed E-state index contributed by atoms with van der Waals surface area (Å²) < 4.78 is 58.7. The Balaban J connectivity index is 1.74. The molecule has 30 heavy (non-hydrogen) atoms. The molecule has 0 saturated heterocycles. The topological polar surface area (TPSA) is 72.5 Å². The van der Waals surface area contributed by atoms with Gasteiger partial charge in [0.25, 0.3) is 5.91 Å². The first-order valence-electron chi connectivity index (χ1n) is 8.96. The number of sulfone groups is 1. The lowest BCUT2D eigenvalue weighted by atomic mass is 10.2. The van der Waals surface area contributed by atoms with Crippen LogP contribution in [-0.4, -0.2) is 27.5 Å². The van der Waals surface area contributed by atoms with Crippen LogP contribution in [0.15, 0.2) is 64.9 Å². The molecule has 0 unspecified atom stereocenters. The standard InChI is InChI=1S/C21H19F2NO4S2/c1-14-11-15(8-9-16(14)22)30(26,27)20(19-7-4-10-29-19)12-24-21(25)13-28-18-6-3-2-5-17(18)23/h2-11,20H,12-13H2,1H3,(H,24,25)/t20-/m1/s1. The molecule has 0 aliphatic heterocycles. The zero-order valence-electron chi connectivity index (χ0n) is 16.0. The van der Waals surface area contributed by atoms with Crippen LogP contribution in [0.1, 0.15) is 15.7 Å². The summed E-state index contributed by atoms with van der Waals surface area (Å²) >= 11 is 1.24. The number of halogens is 2. The summed E-state index contributed by atoms with van der Waals surface area (Å²) in [5.74, 6) is -1.77. The number of rotatable bonds is 8. The third-order valence-corrected chi connectivity index (χ3v) is 7.59. The Morgan fingerprint density at radius 1 is 1.10 bits per heavy atom. The van der Waals surface area contributed by atoms with E-state index in [1.165, 1.54) is 48.6 Å². The van der Waals surface area contributed by atoms with Crippen molar-refractivity contribution in [1.82, 2.24) is 5.32 Å². The molecule has 9 heteroatoms. The summed E-state index contributed by atoms with van der Waals surface area (Å²) in [7, 11) is -3.90. The molecule has 0 bridgehead atoms. The Bertz CT molecular complexity index is 1130. The number of carbonyl (C=O) groups is 1. The van der Waals surface area contributed by atoms with Gasteiger partial charge in [0.1, 0.15) is 11.1 Å². The number of hydrogen-bond donors (Lipinski definition) is 1. The maximum absolute atomic E-state index is 13.6. The number of ether oxygens (including phenoxy) is 1. The summed E-state index contributed by atoms with van der Waals surface area (Å²) in [5.41, 5.74) is 0.211. The number of aryl methyl sites for hydroxylation is 1. The van der Waals surface area contributed by atoms with Crippen molar-refractivity contribution in [2.45, 2.75) is 17.1 Å². The van der Waals surface area contributed by atoms with Crippen molar-refractivity contribution in [3.05, 3.63) is 82.1 Å². The van der Waals surface area contributed by atoms with E-state index in [0.717, 1.165) is 6.07 Å². The highest BCUT2D eigenvalue weighted by Crippen LogP contribution is 2.32. The van der Waals surface area contributed by atoms with Crippen LogP contribution in [0.4, 0.5) is 8.78 Å². The number of thiophene rings is 1. The predicted molar refractivity (Wildman–Crippen MR) is 110 cm³/mol. The fourth-order valence-electron chi connectivity index (χ4n) is 2.76. The molecule has 3 aromatic rings. The smallest absolute Gasteiger partial charge is 0.257 e. The molecule has 0 aliphatic carbocycles.